The molecule has 0 amide bonds. The van der Waals surface area contributed by atoms with Gasteiger partial charge in [-0.1, -0.05) is 74.5 Å². The van der Waals surface area contributed by atoms with Crippen molar-refractivity contribution in [3.63, 3.8) is 0 Å². The first-order valence-electron chi connectivity index (χ1n) is 7.30. The number of hydrogen-bond acceptors (Lipinski definition) is 1. The second-order valence-corrected chi connectivity index (χ2v) is 5.85. The Balaban J connectivity index is 1.93. The van der Waals surface area contributed by atoms with Crippen LogP contribution >= 0.6 is 12.2 Å². The molecule has 2 rings (SSSR count). The third-order valence-corrected chi connectivity index (χ3v) is 3.67. The van der Waals surface area contributed by atoms with Crippen LogP contribution in [0.4, 0.5) is 0 Å². The predicted molar refractivity (Wildman–Crippen MR) is 93.0 cm³/mol. The highest BCUT2D eigenvalue weighted by molar-refractivity contribution is 7.80. The summed E-state index contributed by atoms with van der Waals surface area (Å²) >= 11 is 5.43. The maximum absolute atomic E-state index is 5.43. The first-order valence-corrected chi connectivity index (χ1v) is 7.71. The summed E-state index contributed by atoms with van der Waals surface area (Å²) in [6.45, 7) is 5.14. The van der Waals surface area contributed by atoms with Gasteiger partial charge in [0.25, 0.3) is 0 Å². The molecule has 3 heteroatoms. The molecule has 2 aromatic carbocycles. The summed E-state index contributed by atoms with van der Waals surface area (Å²) in [5, 5.41) is 7.39. The number of thiocarbonyl (C=S) groups is 1. The Morgan fingerprint density at radius 1 is 0.952 bits per heavy atom. The Morgan fingerprint density at radius 3 is 2.10 bits per heavy atom. The molecule has 0 aliphatic rings. The minimum absolute atomic E-state index is 0.224. The summed E-state index contributed by atoms with van der Waals surface area (Å²) in [6.07, 6.45) is 0. The summed E-state index contributed by atoms with van der Waals surface area (Å²) in [7, 11) is 0. The highest BCUT2D eigenvalue weighted by Gasteiger charge is 2.16. The summed E-state index contributed by atoms with van der Waals surface area (Å²) in [6, 6.07) is 20.9. The van der Waals surface area contributed by atoms with E-state index in [0.29, 0.717) is 11.0 Å². The number of hydrogen-bond donors (Lipinski definition) is 2. The maximum atomic E-state index is 5.43. The van der Waals surface area contributed by atoms with E-state index in [0.717, 1.165) is 6.54 Å². The van der Waals surface area contributed by atoms with Crippen molar-refractivity contribution >= 4 is 17.3 Å². The van der Waals surface area contributed by atoms with Crippen molar-refractivity contribution in [3.8, 4) is 0 Å². The lowest BCUT2D eigenvalue weighted by atomic mass is 9.96. The molecule has 0 radical (unpaired) electrons. The molecular weight excluding hydrogens is 276 g/mol. The van der Waals surface area contributed by atoms with Crippen molar-refractivity contribution in [2.75, 3.05) is 0 Å². The normalized spacial score (nSPS) is 12.0. The van der Waals surface area contributed by atoms with Gasteiger partial charge in [0, 0.05) is 6.54 Å². The van der Waals surface area contributed by atoms with Gasteiger partial charge >= 0.3 is 0 Å². The summed E-state index contributed by atoms with van der Waals surface area (Å²) < 4.78 is 0. The average molecular weight is 298 g/mol. The van der Waals surface area contributed by atoms with Crippen molar-refractivity contribution in [2.45, 2.75) is 26.4 Å². The molecule has 0 saturated carbocycles. The summed E-state index contributed by atoms with van der Waals surface area (Å²) in [5.41, 5.74) is 2.49. The molecule has 0 aliphatic heterocycles. The zero-order valence-corrected chi connectivity index (χ0v) is 13.4. The van der Waals surface area contributed by atoms with Gasteiger partial charge in [0.15, 0.2) is 5.11 Å². The van der Waals surface area contributed by atoms with E-state index in [9.17, 15) is 0 Å². The van der Waals surface area contributed by atoms with Crippen LogP contribution < -0.4 is 10.6 Å². The lowest BCUT2D eigenvalue weighted by Crippen LogP contribution is -2.39. The van der Waals surface area contributed by atoms with Crippen molar-refractivity contribution in [2.24, 2.45) is 5.92 Å². The molecule has 0 heterocycles. The maximum Gasteiger partial charge on any atom is 0.167 e. The molecule has 0 saturated heterocycles. The predicted octanol–water partition coefficient (Wildman–Crippen LogP) is 4.05. The van der Waals surface area contributed by atoms with E-state index in [2.05, 4.69) is 60.9 Å². The largest absolute Gasteiger partial charge is 0.359 e. The van der Waals surface area contributed by atoms with Gasteiger partial charge < -0.3 is 10.6 Å². The fraction of sp³-hybridized carbons (Fsp3) is 0.278. The molecule has 2 aromatic rings. The molecule has 21 heavy (non-hydrogen) atoms. The quantitative estimate of drug-likeness (QED) is 0.814. The first-order chi connectivity index (χ1) is 10.2. The molecule has 2 N–H and O–H groups in total. The smallest absolute Gasteiger partial charge is 0.167 e. The van der Waals surface area contributed by atoms with Crippen molar-refractivity contribution in [3.05, 3.63) is 71.8 Å². The lowest BCUT2D eigenvalue weighted by molar-refractivity contribution is 0.468. The van der Waals surface area contributed by atoms with Crippen molar-refractivity contribution < 1.29 is 0 Å². The Kier molecular flexibility index (Phi) is 5.76. The third-order valence-electron chi connectivity index (χ3n) is 3.41. The van der Waals surface area contributed by atoms with Gasteiger partial charge in [0.2, 0.25) is 0 Å². The molecule has 0 fully saturated rings. The number of rotatable bonds is 5. The van der Waals surface area contributed by atoms with Crippen molar-refractivity contribution in [1.29, 1.82) is 0 Å². The second kappa shape index (κ2) is 7.79. The number of benzene rings is 2. The molecule has 0 bridgehead atoms. The molecule has 1 atom stereocenters. The van der Waals surface area contributed by atoms with Gasteiger partial charge in [0.05, 0.1) is 6.04 Å². The molecule has 2 nitrogen and oxygen atoms in total. The Morgan fingerprint density at radius 2 is 1.52 bits per heavy atom. The second-order valence-electron chi connectivity index (χ2n) is 5.44. The molecular formula is C18H22N2S. The van der Waals surface area contributed by atoms with E-state index in [1.54, 1.807) is 0 Å². The Bertz CT molecular complexity index is 552. The third kappa shape index (κ3) is 4.87. The Labute approximate surface area is 132 Å². The zero-order valence-electron chi connectivity index (χ0n) is 12.5. The van der Waals surface area contributed by atoms with E-state index in [1.165, 1.54) is 11.1 Å². The van der Waals surface area contributed by atoms with Crippen molar-refractivity contribution in [1.82, 2.24) is 10.6 Å². The van der Waals surface area contributed by atoms with Gasteiger partial charge in [-0.2, -0.15) is 0 Å². The lowest BCUT2D eigenvalue weighted by Gasteiger charge is -2.24. The van der Waals surface area contributed by atoms with E-state index in [1.807, 2.05) is 24.3 Å². The van der Waals surface area contributed by atoms with Crippen LogP contribution in [-0.2, 0) is 6.54 Å². The van der Waals surface area contributed by atoms with Gasteiger partial charge in [0.1, 0.15) is 0 Å². The van der Waals surface area contributed by atoms with E-state index >= 15 is 0 Å². The van der Waals surface area contributed by atoms with Crippen LogP contribution in [0.2, 0.25) is 0 Å². The fourth-order valence-electron chi connectivity index (χ4n) is 2.27. The minimum Gasteiger partial charge on any atom is -0.359 e. The standard InChI is InChI=1S/C18H22N2S/c1-14(2)17(16-11-7-4-8-12-16)20-18(21)19-13-15-9-5-3-6-10-15/h3-12,14,17H,13H2,1-2H3,(H2,19,20,21)/t17-/m0/s1. The van der Waals surface area contributed by atoms with Crippen LogP contribution in [0.5, 0.6) is 0 Å². The average Bonchev–Trinajstić information content (AvgIpc) is 2.52. The SMILES string of the molecule is CC(C)[C@H](NC(=S)NCc1ccccc1)c1ccccc1. The van der Waals surface area contributed by atoms with E-state index in [4.69, 9.17) is 12.2 Å². The molecule has 110 valence electrons. The highest BCUT2D eigenvalue weighted by atomic mass is 32.1. The zero-order chi connectivity index (χ0) is 15.1. The van der Waals surface area contributed by atoms with Crippen LogP contribution in [0.3, 0.4) is 0 Å². The van der Waals surface area contributed by atoms with Crippen LogP contribution in [0.1, 0.15) is 31.0 Å². The van der Waals surface area contributed by atoms with Gasteiger partial charge in [-0.05, 0) is 29.3 Å². The molecule has 0 spiro atoms. The van der Waals surface area contributed by atoms with Crippen LogP contribution in [0.15, 0.2) is 60.7 Å². The minimum atomic E-state index is 0.224. The van der Waals surface area contributed by atoms with Crippen LogP contribution in [-0.4, -0.2) is 5.11 Å². The summed E-state index contributed by atoms with van der Waals surface area (Å²) in [4.78, 5) is 0. The highest BCUT2D eigenvalue weighted by Crippen LogP contribution is 2.21. The molecule has 0 unspecified atom stereocenters. The van der Waals surface area contributed by atoms with Gasteiger partial charge in [-0.15, -0.1) is 0 Å². The van der Waals surface area contributed by atoms with E-state index < -0.39 is 0 Å². The monoisotopic (exact) mass is 298 g/mol. The first kappa shape index (κ1) is 15.5. The number of nitrogens with one attached hydrogen (secondary N) is 2. The van der Waals surface area contributed by atoms with Crippen LogP contribution in [0.25, 0.3) is 0 Å². The van der Waals surface area contributed by atoms with Gasteiger partial charge in [-0.25, -0.2) is 0 Å². The van der Waals surface area contributed by atoms with E-state index in [-0.39, 0.29) is 6.04 Å². The topological polar surface area (TPSA) is 24.1 Å². The fourth-order valence-corrected chi connectivity index (χ4v) is 2.46. The van der Waals surface area contributed by atoms with Crippen LogP contribution in [0, 0.1) is 5.92 Å². The molecule has 0 aliphatic carbocycles. The molecule has 0 aromatic heterocycles. The van der Waals surface area contributed by atoms with Gasteiger partial charge in [-0.3, -0.25) is 0 Å². The Hall–Kier alpha value is -1.87. The summed E-state index contributed by atoms with van der Waals surface area (Å²) in [5.74, 6) is 0.462.